The highest BCUT2D eigenvalue weighted by molar-refractivity contribution is 5.94. The van der Waals surface area contributed by atoms with Crippen LogP contribution in [0.2, 0.25) is 0 Å². The standard InChI is InChI=1S/C24H32N6O3/c1-3-18(29-25)14-28-21-5-4-17(13-27-21)12-26-19-6-8-24(9-7-19)10-11-30(23(24)32)20-15-33-22(31)16(20)2/h4-5,13-14,18-19,25-26H,3,6-12,15H2,1-2H3. The molecule has 1 saturated carbocycles. The second-order valence-corrected chi connectivity index (χ2v) is 9.20. The number of aliphatic imine (C=N–C) groups is 1. The van der Waals surface area contributed by atoms with Crippen LogP contribution in [0.1, 0.15) is 57.9 Å². The Bertz CT molecular complexity index is 963. The maximum Gasteiger partial charge on any atom is 0.336 e. The fourth-order valence-corrected chi connectivity index (χ4v) is 4.92. The zero-order chi connectivity index (χ0) is 23.4. The van der Waals surface area contributed by atoms with E-state index in [1.54, 1.807) is 18.0 Å². The quantitative estimate of drug-likeness (QED) is 0.354. The van der Waals surface area contributed by atoms with Crippen LogP contribution in [0.3, 0.4) is 0 Å². The van der Waals surface area contributed by atoms with Gasteiger partial charge in [0.1, 0.15) is 12.6 Å². The van der Waals surface area contributed by atoms with Crippen molar-refractivity contribution in [1.82, 2.24) is 15.2 Å². The number of hydrogen-bond acceptors (Lipinski definition) is 8. The second-order valence-electron chi connectivity index (χ2n) is 9.20. The van der Waals surface area contributed by atoms with Gasteiger partial charge in [0, 0.05) is 31.5 Å². The molecule has 33 heavy (non-hydrogen) atoms. The van der Waals surface area contributed by atoms with Crippen molar-refractivity contribution in [3.8, 4) is 0 Å². The molecule has 1 unspecified atom stereocenters. The van der Waals surface area contributed by atoms with E-state index in [1.807, 2.05) is 25.3 Å². The Balaban J connectivity index is 1.27. The lowest BCUT2D eigenvalue weighted by Crippen LogP contribution is -2.42. The third-order valence-electron chi connectivity index (χ3n) is 7.23. The Morgan fingerprint density at radius 1 is 1.33 bits per heavy atom. The van der Waals surface area contributed by atoms with Crippen LogP contribution in [-0.4, -0.2) is 53.2 Å². The van der Waals surface area contributed by atoms with Crippen molar-refractivity contribution in [3.05, 3.63) is 35.2 Å². The zero-order valence-electron chi connectivity index (χ0n) is 19.3. The first kappa shape index (κ1) is 23.2. The van der Waals surface area contributed by atoms with E-state index in [0.29, 0.717) is 24.0 Å². The van der Waals surface area contributed by atoms with Gasteiger partial charge in [-0.25, -0.2) is 20.3 Å². The summed E-state index contributed by atoms with van der Waals surface area (Å²) in [4.78, 5) is 35.4. The van der Waals surface area contributed by atoms with Gasteiger partial charge in [0.15, 0.2) is 5.82 Å². The van der Waals surface area contributed by atoms with Crippen molar-refractivity contribution in [1.29, 1.82) is 5.53 Å². The Morgan fingerprint density at radius 3 is 2.73 bits per heavy atom. The molecule has 1 saturated heterocycles. The number of nitrogens with one attached hydrogen (secondary N) is 2. The number of aromatic nitrogens is 1. The summed E-state index contributed by atoms with van der Waals surface area (Å²) >= 11 is 0. The number of amides is 1. The highest BCUT2D eigenvalue weighted by Gasteiger charge is 2.50. The number of ether oxygens (including phenoxy) is 1. The molecule has 3 heterocycles. The largest absolute Gasteiger partial charge is 0.456 e. The molecule has 4 rings (SSSR count). The van der Waals surface area contributed by atoms with Crippen LogP contribution in [0.15, 0.2) is 39.7 Å². The summed E-state index contributed by atoms with van der Waals surface area (Å²) < 4.78 is 5.11. The van der Waals surface area contributed by atoms with E-state index in [2.05, 4.69) is 20.4 Å². The van der Waals surface area contributed by atoms with Gasteiger partial charge >= 0.3 is 5.97 Å². The third-order valence-corrected chi connectivity index (χ3v) is 7.23. The number of carbonyl (C=O) groups is 2. The van der Waals surface area contributed by atoms with Gasteiger partial charge in [0.2, 0.25) is 5.91 Å². The predicted molar refractivity (Wildman–Crippen MR) is 123 cm³/mol. The van der Waals surface area contributed by atoms with Crippen LogP contribution in [0.5, 0.6) is 0 Å². The topological polar surface area (TPSA) is 120 Å². The highest BCUT2D eigenvalue weighted by atomic mass is 16.5. The summed E-state index contributed by atoms with van der Waals surface area (Å²) in [6.07, 6.45) is 8.72. The molecule has 0 bridgehead atoms. The van der Waals surface area contributed by atoms with Crippen molar-refractivity contribution in [2.75, 3.05) is 13.2 Å². The maximum atomic E-state index is 13.2. The van der Waals surface area contributed by atoms with Gasteiger partial charge in [-0.15, -0.1) is 0 Å². The molecular weight excluding hydrogens is 420 g/mol. The first-order chi connectivity index (χ1) is 16.0. The molecular formula is C24H32N6O3. The van der Waals surface area contributed by atoms with Crippen molar-refractivity contribution in [3.63, 3.8) is 0 Å². The van der Waals surface area contributed by atoms with Gasteiger partial charge in [-0.2, -0.15) is 5.11 Å². The van der Waals surface area contributed by atoms with Crippen molar-refractivity contribution < 1.29 is 14.3 Å². The average Bonchev–Trinajstić information content (AvgIpc) is 3.33. The molecule has 1 aromatic heterocycles. The minimum absolute atomic E-state index is 0.164. The zero-order valence-corrected chi connectivity index (χ0v) is 19.3. The summed E-state index contributed by atoms with van der Waals surface area (Å²) in [5, 5.41) is 7.11. The number of carbonyl (C=O) groups excluding carboxylic acids is 2. The number of esters is 1. The molecule has 2 aliphatic heterocycles. The SMILES string of the molecule is CCC(C=Nc1ccc(CNC2CCC3(CC2)CCN(C2=C(C)C(=O)OC2)C3=O)cn1)N=N. The Hall–Kier alpha value is -2.94. The molecule has 2 N–H and O–H groups in total. The molecule has 3 aliphatic rings. The van der Waals surface area contributed by atoms with Crippen molar-refractivity contribution in [2.45, 2.75) is 71.0 Å². The molecule has 2 fully saturated rings. The number of likely N-dealkylation sites (tertiary alicyclic amines) is 1. The lowest BCUT2D eigenvalue weighted by Gasteiger charge is -2.36. The van der Waals surface area contributed by atoms with E-state index in [4.69, 9.17) is 10.3 Å². The van der Waals surface area contributed by atoms with Crippen molar-refractivity contribution in [2.24, 2.45) is 15.5 Å². The molecule has 1 spiro atoms. The normalized spacial score (nSPS) is 26.5. The van der Waals surface area contributed by atoms with Gasteiger partial charge in [-0.05, 0) is 57.1 Å². The van der Waals surface area contributed by atoms with E-state index < -0.39 is 0 Å². The van der Waals surface area contributed by atoms with Gasteiger partial charge < -0.3 is 15.0 Å². The van der Waals surface area contributed by atoms with Crippen LogP contribution in [0.4, 0.5) is 5.82 Å². The summed E-state index contributed by atoms with van der Waals surface area (Å²) in [5.74, 6) is 0.469. The van der Waals surface area contributed by atoms with Crippen molar-refractivity contribution >= 4 is 23.9 Å². The lowest BCUT2D eigenvalue weighted by atomic mass is 9.71. The number of pyridine rings is 1. The lowest BCUT2D eigenvalue weighted by molar-refractivity contribution is -0.138. The first-order valence-corrected chi connectivity index (χ1v) is 11.7. The fourth-order valence-electron chi connectivity index (χ4n) is 4.92. The van der Waals surface area contributed by atoms with E-state index in [-0.39, 0.29) is 29.9 Å². The Labute approximate surface area is 194 Å². The molecule has 0 radical (unpaired) electrons. The molecule has 9 nitrogen and oxygen atoms in total. The van der Waals surface area contributed by atoms with E-state index in [1.165, 1.54) is 0 Å². The van der Waals surface area contributed by atoms with Gasteiger partial charge in [-0.3, -0.25) is 4.79 Å². The van der Waals surface area contributed by atoms with Gasteiger partial charge in [0.05, 0.1) is 16.7 Å². The van der Waals surface area contributed by atoms with E-state index in [0.717, 1.165) is 56.3 Å². The minimum atomic E-state index is -0.311. The summed E-state index contributed by atoms with van der Waals surface area (Å²) in [5.41, 5.74) is 9.22. The average molecular weight is 453 g/mol. The molecule has 1 amide bonds. The molecule has 9 heteroatoms. The minimum Gasteiger partial charge on any atom is -0.456 e. The van der Waals surface area contributed by atoms with Crippen LogP contribution in [0, 0.1) is 10.9 Å². The fraction of sp³-hybridized carbons (Fsp3) is 0.583. The van der Waals surface area contributed by atoms with Gasteiger partial charge in [0.25, 0.3) is 0 Å². The number of nitrogens with zero attached hydrogens (tertiary/aromatic N) is 4. The Kier molecular flexibility index (Phi) is 6.97. The summed E-state index contributed by atoms with van der Waals surface area (Å²) in [7, 11) is 0. The van der Waals surface area contributed by atoms with Gasteiger partial charge in [-0.1, -0.05) is 13.0 Å². The predicted octanol–water partition coefficient (Wildman–Crippen LogP) is 3.68. The van der Waals surface area contributed by atoms with Crippen LogP contribution >= 0.6 is 0 Å². The second kappa shape index (κ2) is 9.91. The summed E-state index contributed by atoms with van der Waals surface area (Å²) in [6.45, 7) is 5.32. The van der Waals surface area contributed by atoms with Crippen LogP contribution < -0.4 is 5.32 Å². The Morgan fingerprint density at radius 2 is 2.12 bits per heavy atom. The number of rotatable bonds is 8. The number of hydrogen-bond donors (Lipinski definition) is 2. The molecule has 176 valence electrons. The smallest absolute Gasteiger partial charge is 0.336 e. The first-order valence-electron chi connectivity index (χ1n) is 11.7. The van der Waals surface area contributed by atoms with Crippen LogP contribution in [0.25, 0.3) is 0 Å². The van der Waals surface area contributed by atoms with E-state index in [9.17, 15) is 9.59 Å². The summed E-state index contributed by atoms with van der Waals surface area (Å²) in [6, 6.07) is 4.06. The monoisotopic (exact) mass is 452 g/mol. The molecule has 1 aliphatic carbocycles. The molecule has 1 atom stereocenters. The van der Waals surface area contributed by atoms with E-state index >= 15 is 0 Å². The maximum absolute atomic E-state index is 13.2. The highest BCUT2D eigenvalue weighted by Crippen LogP contribution is 2.46. The molecule has 1 aromatic rings. The third kappa shape index (κ3) is 4.88. The number of cyclic esters (lactones) is 1. The molecule has 0 aromatic carbocycles. The van der Waals surface area contributed by atoms with Crippen LogP contribution in [-0.2, 0) is 20.9 Å².